The van der Waals surface area contributed by atoms with E-state index >= 15 is 0 Å². The zero-order valence-electron chi connectivity index (χ0n) is 13.4. The normalized spacial score (nSPS) is 10.1. The number of methoxy groups -OCH3 is 1. The topological polar surface area (TPSA) is 39.7 Å². The quantitative estimate of drug-likeness (QED) is 0.796. The van der Waals surface area contributed by atoms with Crippen molar-refractivity contribution >= 4 is 5.69 Å². The molecule has 0 fully saturated rings. The summed E-state index contributed by atoms with van der Waals surface area (Å²) in [6.45, 7) is 5.96. The average Bonchev–Trinajstić information content (AvgIpc) is 2.55. The highest BCUT2D eigenvalue weighted by Crippen LogP contribution is 2.28. The highest BCUT2D eigenvalue weighted by atomic mass is 16.5. The first kappa shape index (κ1) is 16.0. The maximum Gasteiger partial charge on any atom is 0.161 e. The van der Waals surface area contributed by atoms with Gasteiger partial charge in [-0.15, -0.1) is 0 Å². The van der Waals surface area contributed by atoms with Crippen molar-refractivity contribution in [2.45, 2.75) is 20.4 Å². The van der Waals surface area contributed by atoms with Gasteiger partial charge in [0.1, 0.15) is 5.75 Å². The third-order valence-corrected chi connectivity index (χ3v) is 3.19. The van der Waals surface area contributed by atoms with Crippen molar-refractivity contribution in [3.05, 3.63) is 48.0 Å². The molecular weight excluding hydrogens is 278 g/mol. The molecule has 0 amide bonds. The molecule has 0 saturated carbocycles. The minimum absolute atomic E-state index is 0.617. The van der Waals surface area contributed by atoms with Crippen LogP contribution >= 0.6 is 0 Å². The SMILES string of the molecule is CCOc1ccc(NCc2ccc(OC)c(OCC)c2)cc1. The number of benzene rings is 2. The molecule has 0 spiro atoms. The van der Waals surface area contributed by atoms with Gasteiger partial charge in [0.25, 0.3) is 0 Å². The van der Waals surface area contributed by atoms with Gasteiger partial charge in [-0.25, -0.2) is 0 Å². The summed E-state index contributed by atoms with van der Waals surface area (Å²) < 4.78 is 16.3. The Morgan fingerprint density at radius 1 is 0.864 bits per heavy atom. The lowest BCUT2D eigenvalue weighted by molar-refractivity contribution is 0.310. The van der Waals surface area contributed by atoms with Crippen LogP contribution in [-0.4, -0.2) is 20.3 Å². The second-order valence-electron chi connectivity index (χ2n) is 4.73. The molecule has 2 rings (SSSR count). The van der Waals surface area contributed by atoms with Gasteiger partial charge in [0.2, 0.25) is 0 Å². The summed E-state index contributed by atoms with van der Waals surface area (Å²) in [6.07, 6.45) is 0. The smallest absolute Gasteiger partial charge is 0.161 e. The Balaban J connectivity index is 2.00. The zero-order valence-corrected chi connectivity index (χ0v) is 13.4. The highest BCUT2D eigenvalue weighted by Gasteiger charge is 2.05. The standard InChI is InChI=1S/C18H23NO3/c1-4-21-16-9-7-15(8-10-16)19-13-14-6-11-17(20-3)18(12-14)22-5-2/h6-12,19H,4-5,13H2,1-3H3. The summed E-state index contributed by atoms with van der Waals surface area (Å²) in [6, 6.07) is 13.9. The van der Waals surface area contributed by atoms with E-state index in [1.165, 1.54) is 0 Å². The molecule has 0 aliphatic heterocycles. The predicted molar refractivity (Wildman–Crippen MR) is 89.1 cm³/mol. The third-order valence-electron chi connectivity index (χ3n) is 3.19. The second-order valence-corrected chi connectivity index (χ2v) is 4.73. The van der Waals surface area contributed by atoms with Crippen molar-refractivity contribution in [1.82, 2.24) is 0 Å². The maximum atomic E-state index is 5.59. The number of hydrogen-bond acceptors (Lipinski definition) is 4. The molecule has 0 bridgehead atoms. The molecule has 0 unspecified atom stereocenters. The van der Waals surface area contributed by atoms with Crippen molar-refractivity contribution in [3.8, 4) is 17.2 Å². The van der Waals surface area contributed by atoms with E-state index in [1.807, 2.05) is 56.3 Å². The van der Waals surface area contributed by atoms with E-state index in [2.05, 4.69) is 5.32 Å². The van der Waals surface area contributed by atoms with Gasteiger partial charge < -0.3 is 19.5 Å². The number of ether oxygens (including phenoxy) is 3. The van der Waals surface area contributed by atoms with Gasteiger partial charge in [-0.1, -0.05) is 6.07 Å². The monoisotopic (exact) mass is 301 g/mol. The molecule has 4 nitrogen and oxygen atoms in total. The fourth-order valence-corrected chi connectivity index (χ4v) is 2.14. The first-order valence-electron chi connectivity index (χ1n) is 7.53. The molecule has 4 heteroatoms. The van der Waals surface area contributed by atoms with Crippen LogP contribution < -0.4 is 19.5 Å². The van der Waals surface area contributed by atoms with Crippen molar-refractivity contribution in [2.24, 2.45) is 0 Å². The first-order valence-corrected chi connectivity index (χ1v) is 7.53. The van der Waals surface area contributed by atoms with Crippen LogP contribution in [0.15, 0.2) is 42.5 Å². The fourth-order valence-electron chi connectivity index (χ4n) is 2.14. The Morgan fingerprint density at radius 2 is 1.59 bits per heavy atom. The van der Waals surface area contributed by atoms with Crippen LogP contribution in [0.2, 0.25) is 0 Å². The van der Waals surface area contributed by atoms with E-state index in [-0.39, 0.29) is 0 Å². The Labute approximate surface area is 132 Å². The Hall–Kier alpha value is -2.36. The maximum absolute atomic E-state index is 5.59. The molecule has 118 valence electrons. The van der Waals surface area contributed by atoms with Crippen LogP contribution in [0.3, 0.4) is 0 Å². The Bertz CT molecular complexity index is 581. The second kappa shape index (κ2) is 8.17. The van der Waals surface area contributed by atoms with Crippen molar-refractivity contribution in [3.63, 3.8) is 0 Å². The lowest BCUT2D eigenvalue weighted by Gasteiger charge is -2.12. The van der Waals surface area contributed by atoms with Crippen LogP contribution in [0, 0.1) is 0 Å². The summed E-state index contributed by atoms with van der Waals surface area (Å²) in [4.78, 5) is 0. The summed E-state index contributed by atoms with van der Waals surface area (Å²) in [5, 5.41) is 3.39. The summed E-state index contributed by atoms with van der Waals surface area (Å²) in [5.41, 5.74) is 2.19. The van der Waals surface area contributed by atoms with Gasteiger partial charge in [-0.3, -0.25) is 0 Å². The van der Waals surface area contributed by atoms with Crippen LogP contribution in [0.5, 0.6) is 17.2 Å². The van der Waals surface area contributed by atoms with Gasteiger partial charge in [-0.2, -0.15) is 0 Å². The van der Waals surface area contributed by atoms with Crippen LogP contribution in [0.25, 0.3) is 0 Å². The molecule has 1 N–H and O–H groups in total. The third kappa shape index (κ3) is 4.32. The van der Waals surface area contributed by atoms with E-state index < -0.39 is 0 Å². The fraction of sp³-hybridized carbons (Fsp3) is 0.333. The Morgan fingerprint density at radius 3 is 2.23 bits per heavy atom. The summed E-state index contributed by atoms with van der Waals surface area (Å²) >= 11 is 0. The van der Waals surface area contributed by atoms with Crippen LogP contribution in [0.1, 0.15) is 19.4 Å². The molecule has 0 aliphatic rings. The lowest BCUT2D eigenvalue weighted by atomic mass is 10.2. The average molecular weight is 301 g/mol. The van der Waals surface area contributed by atoms with Crippen LogP contribution in [0.4, 0.5) is 5.69 Å². The molecule has 0 aromatic heterocycles. The van der Waals surface area contributed by atoms with E-state index in [4.69, 9.17) is 14.2 Å². The predicted octanol–water partition coefficient (Wildman–Crippen LogP) is 4.10. The number of hydrogen-bond donors (Lipinski definition) is 1. The largest absolute Gasteiger partial charge is 0.494 e. The molecule has 0 radical (unpaired) electrons. The van der Waals surface area contributed by atoms with Gasteiger partial charge in [-0.05, 0) is 55.8 Å². The summed E-state index contributed by atoms with van der Waals surface area (Å²) in [5.74, 6) is 2.42. The minimum atomic E-state index is 0.617. The minimum Gasteiger partial charge on any atom is -0.494 e. The summed E-state index contributed by atoms with van der Waals surface area (Å²) in [7, 11) is 1.65. The number of rotatable bonds is 8. The van der Waals surface area contributed by atoms with Crippen molar-refractivity contribution < 1.29 is 14.2 Å². The molecule has 22 heavy (non-hydrogen) atoms. The molecule has 0 saturated heterocycles. The van der Waals surface area contributed by atoms with E-state index in [0.717, 1.165) is 35.0 Å². The Kier molecular flexibility index (Phi) is 5.95. The van der Waals surface area contributed by atoms with E-state index in [9.17, 15) is 0 Å². The number of nitrogens with one attached hydrogen (secondary N) is 1. The van der Waals surface area contributed by atoms with Crippen molar-refractivity contribution in [1.29, 1.82) is 0 Å². The molecule has 2 aromatic carbocycles. The van der Waals surface area contributed by atoms with Crippen LogP contribution in [-0.2, 0) is 6.54 Å². The van der Waals surface area contributed by atoms with Gasteiger partial charge in [0.05, 0.1) is 20.3 Å². The van der Waals surface area contributed by atoms with E-state index in [0.29, 0.717) is 13.2 Å². The molecular formula is C18H23NO3. The van der Waals surface area contributed by atoms with Crippen molar-refractivity contribution in [2.75, 3.05) is 25.6 Å². The molecule has 0 aliphatic carbocycles. The zero-order chi connectivity index (χ0) is 15.8. The number of anilines is 1. The van der Waals surface area contributed by atoms with Gasteiger partial charge in [0.15, 0.2) is 11.5 Å². The van der Waals surface area contributed by atoms with Gasteiger partial charge in [0, 0.05) is 12.2 Å². The highest BCUT2D eigenvalue weighted by molar-refractivity contribution is 5.48. The van der Waals surface area contributed by atoms with Gasteiger partial charge >= 0.3 is 0 Å². The molecule has 2 aromatic rings. The first-order chi connectivity index (χ1) is 10.8. The lowest BCUT2D eigenvalue weighted by Crippen LogP contribution is -2.01. The molecule has 0 atom stereocenters. The van der Waals surface area contributed by atoms with E-state index in [1.54, 1.807) is 7.11 Å². The molecule has 0 heterocycles.